The molecule has 0 spiro atoms. The summed E-state index contributed by atoms with van der Waals surface area (Å²) in [6.07, 6.45) is 3.21. The first-order valence-electron chi connectivity index (χ1n) is 4.53. The summed E-state index contributed by atoms with van der Waals surface area (Å²) in [5, 5.41) is 3.19. The van der Waals surface area contributed by atoms with Gasteiger partial charge in [-0.15, -0.1) is 0 Å². The summed E-state index contributed by atoms with van der Waals surface area (Å²) in [6.45, 7) is 2.82. The van der Waals surface area contributed by atoms with Gasteiger partial charge in [0.15, 0.2) is 0 Å². The third kappa shape index (κ3) is 5.93. The molecule has 0 radical (unpaired) electrons. The molecule has 0 aromatic carbocycles. The number of rotatable bonds is 6. The summed E-state index contributed by atoms with van der Waals surface area (Å²) < 4.78 is 0. The molecule has 0 aromatic heterocycles. The molecule has 1 N–H and O–H groups in total. The van der Waals surface area contributed by atoms with Crippen molar-refractivity contribution in [2.24, 2.45) is 0 Å². The summed E-state index contributed by atoms with van der Waals surface area (Å²) in [6, 6.07) is -0.0585. The van der Waals surface area contributed by atoms with Gasteiger partial charge < -0.3 is 10.2 Å². The molecule has 0 aliphatic heterocycles. The van der Waals surface area contributed by atoms with Crippen LogP contribution in [0.15, 0.2) is 0 Å². The first-order valence-corrected chi connectivity index (χ1v) is 5.92. The van der Waals surface area contributed by atoms with Crippen LogP contribution in [0.2, 0.25) is 0 Å². The van der Waals surface area contributed by atoms with Crippen LogP contribution in [0.5, 0.6) is 0 Å². The third-order valence-electron chi connectivity index (χ3n) is 1.79. The van der Waals surface area contributed by atoms with Gasteiger partial charge >= 0.3 is 0 Å². The smallest absolute Gasteiger partial charge is 0.238 e. The van der Waals surface area contributed by atoms with Crippen molar-refractivity contribution >= 4 is 17.7 Å². The molecule has 0 saturated heterocycles. The van der Waals surface area contributed by atoms with Crippen LogP contribution in [-0.2, 0) is 4.79 Å². The highest BCUT2D eigenvalue weighted by Crippen LogP contribution is 1.95. The van der Waals surface area contributed by atoms with E-state index in [-0.39, 0.29) is 11.9 Å². The Kier molecular flexibility index (Phi) is 7.09. The Balaban J connectivity index is 3.50. The molecule has 1 unspecified atom stereocenters. The Morgan fingerprint density at radius 2 is 2.15 bits per heavy atom. The highest BCUT2D eigenvalue weighted by Gasteiger charge is 2.12. The maximum absolute atomic E-state index is 11.4. The summed E-state index contributed by atoms with van der Waals surface area (Å²) >= 11 is 1.83. The van der Waals surface area contributed by atoms with Gasteiger partial charge in [0.2, 0.25) is 5.91 Å². The largest absolute Gasteiger partial charge is 0.347 e. The van der Waals surface area contributed by atoms with Crippen molar-refractivity contribution in [1.82, 2.24) is 10.2 Å². The standard InChI is InChI=1S/C9H20N2OS/c1-8(9(12)11(2)3)10-6-5-7-13-4/h8,10H,5-7H2,1-4H3. The lowest BCUT2D eigenvalue weighted by Crippen LogP contribution is -2.41. The van der Waals surface area contributed by atoms with Gasteiger partial charge in [-0.25, -0.2) is 0 Å². The van der Waals surface area contributed by atoms with Gasteiger partial charge in [-0.05, 0) is 31.9 Å². The average Bonchev–Trinajstić information content (AvgIpc) is 2.10. The van der Waals surface area contributed by atoms with E-state index in [4.69, 9.17) is 0 Å². The maximum Gasteiger partial charge on any atom is 0.238 e. The molecule has 78 valence electrons. The second-order valence-electron chi connectivity index (χ2n) is 3.25. The van der Waals surface area contributed by atoms with Gasteiger partial charge in [-0.2, -0.15) is 11.8 Å². The minimum Gasteiger partial charge on any atom is -0.347 e. The second kappa shape index (κ2) is 7.21. The van der Waals surface area contributed by atoms with Crippen molar-refractivity contribution < 1.29 is 4.79 Å². The quantitative estimate of drug-likeness (QED) is 0.650. The normalized spacial score (nSPS) is 12.6. The molecule has 0 heterocycles. The number of likely N-dealkylation sites (N-methyl/N-ethyl adjacent to an activating group) is 1. The fourth-order valence-corrected chi connectivity index (χ4v) is 1.44. The van der Waals surface area contributed by atoms with E-state index in [9.17, 15) is 4.79 Å². The fourth-order valence-electron chi connectivity index (χ4n) is 1.01. The van der Waals surface area contributed by atoms with Crippen molar-refractivity contribution in [3.63, 3.8) is 0 Å². The number of amides is 1. The monoisotopic (exact) mass is 204 g/mol. The van der Waals surface area contributed by atoms with Crippen LogP contribution < -0.4 is 5.32 Å². The molecule has 0 aliphatic rings. The molecule has 0 saturated carbocycles. The third-order valence-corrected chi connectivity index (χ3v) is 2.48. The zero-order chi connectivity index (χ0) is 10.3. The summed E-state index contributed by atoms with van der Waals surface area (Å²) in [5.74, 6) is 1.29. The van der Waals surface area contributed by atoms with Crippen LogP contribution in [0.4, 0.5) is 0 Å². The van der Waals surface area contributed by atoms with Gasteiger partial charge in [-0.3, -0.25) is 4.79 Å². The van der Waals surface area contributed by atoms with E-state index in [0.29, 0.717) is 0 Å². The highest BCUT2D eigenvalue weighted by atomic mass is 32.2. The number of hydrogen-bond donors (Lipinski definition) is 1. The Morgan fingerprint density at radius 3 is 2.62 bits per heavy atom. The SMILES string of the molecule is CSCCCNC(C)C(=O)N(C)C. The maximum atomic E-state index is 11.4. The molecule has 0 aromatic rings. The number of carbonyl (C=O) groups excluding carboxylic acids is 1. The minimum absolute atomic E-state index is 0.0585. The lowest BCUT2D eigenvalue weighted by molar-refractivity contribution is -0.130. The summed E-state index contributed by atoms with van der Waals surface area (Å²) in [7, 11) is 3.56. The summed E-state index contributed by atoms with van der Waals surface area (Å²) in [5.41, 5.74) is 0. The first kappa shape index (κ1) is 12.8. The number of carbonyl (C=O) groups is 1. The van der Waals surface area contributed by atoms with E-state index in [1.165, 1.54) is 0 Å². The predicted molar refractivity (Wildman–Crippen MR) is 59.2 cm³/mol. The molecule has 0 rings (SSSR count). The molecular formula is C9H20N2OS. The summed E-state index contributed by atoms with van der Waals surface area (Å²) in [4.78, 5) is 13.0. The zero-order valence-electron chi connectivity index (χ0n) is 8.96. The Bertz CT molecular complexity index is 151. The predicted octanol–water partition coefficient (Wildman–Crippen LogP) is 0.806. The van der Waals surface area contributed by atoms with Crippen molar-refractivity contribution in [2.75, 3.05) is 32.6 Å². The van der Waals surface area contributed by atoms with Crippen molar-refractivity contribution in [3.8, 4) is 0 Å². The highest BCUT2D eigenvalue weighted by molar-refractivity contribution is 7.98. The Morgan fingerprint density at radius 1 is 1.54 bits per heavy atom. The molecular weight excluding hydrogens is 184 g/mol. The first-order chi connectivity index (χ1) is 6.09. The molecule has 0 fully saturated rings. The van der Waals surface area contributed by atoms with E-state index in [2.05, 4.69) is 11.6 Å². The van der Waals surface area contributed by atoms with Crippen LogP contribution in [-0.4, -0.2) is 49.5 Å². The van der Waals surface area contributed by atoms with Crippen LogP contribution in [0.1, 0.15) is 13.3 Å². The van der Waals surface area contributed by atoms with Gasteiger partial charge in [0.1, 0.15) is 0 Å². The molecule has 1 atom stereocenters. The fraction of sp³-hybridized carbons (Fsp3) is 0.889. The van der Waals surface area contributed by atoms with Crippen LogP contribution in [0, 0.1) is 0 Å². The van der Waals surface area contributed by atoms with Crippen LogP contribution in [0.3, 0.4) is 0 Å². The lowest BCUT2D eigenvalue weighted by atomic mass is 10.3. The molecule has 0 aliphatic carbocycles. The number of thioether (sulfide) groups is 1. The van der Waals surface area contributed by atoms with Crippen LogP contribution >= 0.6 is 11.8 Å². The van der Waals surface area contributed by atoms with Gasteiger partial charge in [-0.1, -0.05) is 0 Å². The molecule has 0 bridgehead atoms. The van der Waals surface area contributed by atoms with E-state index < -0.39 is 0 Å². The van der Waals surface area contributed by atoms with Gasteiger partial charge in [0.05, 0.1) is 6.04 Å². The second-order valence-corrected chi connectivity index (χ2v) is 4.24. The molecule has 1 amide bonds. The molecule has 4 heteroatoms. The van der Waals surface area contributed by atoms with Gasteiger partial charge in [0.25, 0.3) is 0 Å². The molecule has 3 nitrogen and oxygen atoms in total. The Labute approximate surface area is 85.3 Å². The van der Waals surface area contributed by atoms with E-state index >= 15 is 0 Å². The van der Waals surface area contributed by atoms with Crippen molar-refractivity contribution in [3.05, 3.63) is 0 Å². The molecule has 13 heavy (non-hydrogen) atoms. The number of nitrogens with zero attached hydrogens (tertiary/aromatic N) is 1. The van der Waals surface area contributed by atoms with Crippen molar-refractivity contribution in [2.45, 2.75) is 19.4 Å². The lowest BCUT2D eigenvalue weighted by Gasteiger charge is -2.17. The average molecular weight is 204 g/mol. The van der Waals surface area contributed by atoms with E-state index in [0.717, 1.165) is 18.7 Å². The van der Waals surface area contributed by atoms with Gasteiger partial charge in [0, 0.05) is 14.1 Å². The minimum atomic E-state index is -0.0585. The van der Waals surface area contributed by atoms with E-state index in [1.807, 2.05) is 18.7 Å². The number of hydrogen-bond acceptors (Lipinski definition) is 3. The Hall–Kier alpha value is -0.220. The van der Waals surface area contributed by atoms with Crippen molar-refractivity contribution in [1.29, 1.82) is 0 Å². The van der Waals surface area contributed by atoms with E-state index in [1.54, 1.807) is 19.0 Å². The zero-order valence-corrected chi connectivity index (χ0v) is 9.78. The number of nitrogens with one attached hydrogen (secondary N) is 1. The van der Waals surface area contributed by atoms with Crippen LogP contribution in [0.25, 0.3) is 0 Å². The topological polar surface area (TPSA) is 32.3 Å².